The van der Waals surface area contributed by atoms with Gasteiger partial charge in [0.2, 0.25) is 10.0 Å². The second-order valence-electron chi connectivity index (χ2n) is 6.16. The van der Waals surface area contributed by atoms with Crippen LogP contribution in [0.15, 0.2) is 42.7 Å². The molecule has 1 atom stereocenters. The van der Waals surface area contributed by atoms with Gasteiger partial charge in [-0.3, -0.25) is 4.79 Å². The van der Waals surface area contributed by atoms with Gasteiger partial charge in [0.1, 0.15) is 0 Å². The van der Waals surface area contributed by atoms with Crippen molar-refractivity contribution in [3.8, 4) is 0 Å². The lowest BCUT2D eigenvalue weighted by molar-refractivity contribution is 0.0726. The van der Waals surface area contributed by atoms with E-state index in [0.717, 1.165) is 11.1 Å². The Morgan fingerprint density at radius 2 is 2.00 bits per heavy atom. The van der Waals surface area contributed by atoms with Crippen molar-refractivity contribution in [1.29, 1.82) is 0 Å². The zero-order valence-corrected chi connectivity index (χ0v) is 14.1. The highest BCUT2D eigenvalue weighted by atomic mass is 32.2. The van der Waals surface area contributed by atoms with Gasteiger partial charge >= 0.3 is 0 Å². The average molecular weight is 347 g/mol. The molecule has 24 heavy (non-hydrogen) atoms. The number of hydrogen-bond acceptors (Lipinski definition) is 3. The summed E-state index contributed by atoms with van der Waals surface area (Å²) in [6.45, 7) is 0.717. The summed E-state index contributed by atoms with van der Waals surface area (Å²) in [5.74, 6) is -0.143. The molecule has 0 spiro atoms. The van der Waals surface area contributed by atoms with Gasteiger partial charge < -0.3 is 9.88 Å². The Hall–Kier alpha value is -2.12. The lowest BCUT2D eigenvalue weighted by Gasteiger charge is -2.31. The van der Waals surface area contributed by atoms with Crippen LogP contribution < -0.4 is 5.14 Å². The monoisotopic (exact) mass is 347 g/mol. The summed E-state index contributed by atoms with van der Waals surface area (Å²) in [7, 11) is -3.62. The first-order chi connectivity index (χ1) is 11.4. The number of nitrogens with one attached hydrogen (secondary N) is 1. The fourth-order valence-corrected chi connectivity index (χ4v) is 4.00. The van der Waals surface area contributed by atoms with Crippen molar-refractivity contribution in [3.05, 3.63) is 59.4 Å². The Kier molecular flexibility index (Phi) is 4.73. The van der Waals surface area contributed by atoms with Crippen LogP contribution in [0.4, 0.5) is 0 Å². The predicted molar refractivity (Wildman–Crippen MR) is 92.1 cm³/mol. The van der Waals surface area contributed by atoms with E-state index >= 15 is 0 Å². The molecular formula is C17H21N3O3S. The highest BCUT2D eigenvalue weighted by Crippen LogP contribution is 2.21. The van der Waals surface area contributed by atoms with E-state index in [9.17, 15) is 13.2 Å². The van der Waals surface area contributed by atoms with Crippen molar-refractivity contribution < 1.29 is 13.2 Å². The third kappa shape index (κ3) is 3.68. The van der Waals surface area contributed by atoms with E-state index in [2.05, 4.69) is 4.98 Å². The number of amides is 1. The number of carbonyl (C=O) groups excluding carboxylic acids is 1. The number of rotatable bonds is 4. The maximum absolute atomic E-state index is 12.8. The van der Waals surface area contributed by atoms with Gasteiger partial charge in [-0.25, -0.2) is 13.6 Å². The molecule has 1 saturated heterocycles. The highest BCUT2D eigenvalue weighted by Gasteiger charge is 2.31. The summed E-state index contributed by atoms with van der Waals surface area (Å²) < 4.78 is 23.2. The molecule has 0 radical (unpaired) electrons. The Balaban J connectivity index is 1.77. The topological polar surface area (TPSA) is 96.3 Å². The predicted octanol–water partition coefficient (Wildman–Crippen LogP) is 1.50. The third-order valence-electron chi connectivity index (χ3n) is 4.43. The SMILES string of the molecule is NS(=O)(=O)C1CCCN(C(=O)c2c[nH]cc2Cc2ccccc2)C1. The number of nitrogens with zero attached hydrogens (tertiary/aromatic N) is 1. The van der Waals surface area contributed by atoms with E-state index < -0.39 is 15.3 Å². The minimum absolute atomic E-state index is 0.143. The maximum Gasteiger partial charge on any atom is 0.255 e. The van der Waals surface area contributed by atoms with Crippen LogP contribution >= 0.6 is 0 Å². The van der Waals surface area contributed by atoms with Crippen molar-refractivity contribution in [2.75, 3.05) is 13.1 Å². The van der Waals surface area contributed by atoms with E-state index in [1.807, 2.05) is 36.5 Å². The quantitative estimate of drug-likeness (QED) is 0.877. The lowest BCUT2D eigenvalue weighted by Crippen LogP contribution is -2.47. The van der Waals surface area contributed by atoms with E-state index in [1.165, 1.54) is 0 Å². The number of H-pyrrole nitrogens is 1. The van der Waals surface area contributed by atoms with Gasteiger partial charge in [0, 0.05) is 25.5 Å². The summed E-state index contributed by atoms with van der Waals surface area (Å²) >= 11 is 0. The second-order valence-corrected chi connectivity index (χ2v) is 8.01. The van der Waals surface area contributed by atoms with Crippen LogP contribution in [0, 0.1) is 0 Å². The van der Waals surface area contributed by atoms with E-state index in [-0.39, 0.29) is 12.5 Å². The van der Waals surface area contributed by atoms with Crippen molar-refractivity contribution in [1.82, 2.24) is 9.88 Å². The summed E-state index contributed by atoms with van der Waals surface area (Å²) in [4.78, 5) is 17.4. The molecule has 2 heterocycles. The third-order valence-corrected chi connectivity index (χ3v) is 5.74. The van der Waals surface area contributed by atoms with Crippen LogP contribution in [0.5, 0.6) is 0 Å². The number of hydrogen-bond donors (Lipinski definition) is 2. The largest absolute Gasteiger partial charge is 0.367 e. The average Bonchev–Trinajstić information content (AvgIpc) is 3.02. The lowest BCUT2D eigenvalue weighted by atomic mass is 10.0. The number of carbonyl (C=O) groups is 1. The normalized spacial score (nSPS) is 18.5. The van der Waals surface area contributed by atoms with Gasteiger partial charge in [-0.15, -0.1) is 0 Å². The summed E-state index contributed by atoms with van der Waals surface area (Å²) in [6.07, 6.45) is 5.30. The number of nitrogens with two attached hydrogens (primary N) is 1. The molecule has 1 aliphatic rings. The molecule has 6 nitrogen and oxygen atoms in total. The molecule has 0 bridgehead atoms. The zero-order chi connectivity index (χ0) is 17.2. The standard InChI is InChI=1S/C17H21N3O3S/c18-24(22,23)15-7-4-8-20(12-15)17(21)16-11-19-10-14(16)9-13-5-2-1-3-6-13/h1-3,5-6,10-11,15,19H,4,7-9,12H2,(H2,18,22,23). The molecule has 7 heteroatoms. The van der Waals surface area contributed by atoms with Crippen molar-refractivity contribution >= 4 is 15.9 Å². The van der Waals surface area contributed by atoms with Crippen LogP contribution in [-0.2, 0) is 16.4 Å². The molecule has 0 aliphatic carbocycles. The van der Waals surface area contributed by atoms with Crippen molar-refractivity contribution in [2.24, 2.45) is 5.14 Å². The number of aromatic amines is 1. The van der Waals surface area contributed by atoms with Crippen LogP contribution in [0.2, 0.25) is 0 Å². The molecule has 3 N–H and O–H groups in total. The molecule has 1 aromatic heterocycles. The first kappa shape index (κ1) is 16.7. The van der Waals surface area contributed by atoms with Gasteiger partial charge in [-0.05, 0) is 30.4 Å². The highest BCUT2D eigenvalue weighted by molar-refractivity contribution is 7.89. The minimum Gasteiger partial charge on any atom is -0.367 e. The van der Waals surface area contributed by atoms with Crippen molar-refractivity contribution in [2.45, 2.75) is 24.5 Å². The molecule has 2 aromatic rings. The maximum atomic E-state index is 12.8. The van der Waals surface area contributed by atoms with Crippen LogP contribution in [0.1, 0.15) is 34.3 Å². The number of benzene rings is 1. The molecule has 1 aliphatic heterocycles. The molecule has 1 fully saturated rings. The Bertz CT molecular complexity index is 815. The van der Waals surface area contributed by atoms with E-state index in [0.29, 0.717) is 31.4 Å². The van der Waals surface area contributed by atoms with Gasteiger partial charge in [-0.2, -0.15) is 0 Å². The first-order valence-electron chi connectivity index (χ1n) is 7.95. The number of sulfonamides is 1. The van der Waals surface area contributed by atoms with Gasteiger partial charge in [-0.1, -0.05) is 30.3 Å². The second kappa shape index (κ2) is 6.78. The number of aromatic nitrogens is 1. The summed E-state index contributed by atoms with van der Waals surface area (Å²) in [5.41, 5.74) is 2.62. The molecule has 3 rings (SSSR count). The number of likely N-dealkylation sites (tertiary alicyclic amines) is 1. The Morgan fingerprint density at radius 3 is 2.71 bits per heavy atom. The van der Waals surface area contributed by atoms with E-state index in [1.54, 1.807) is 11.1 Å². The van der Waals surface area contributed by atoms with Gasteiger partial charge in [0.05, 0.1) is 10.8 Å². The molecular weight excluding hydrogens is 326 g/mol. The number of primary sulfonamides is 1. The zero-order valence-electron chi connectivity index (χ0n) is 13.3. The minimum atomic E-state index is -3.62. The fourth-order valence-electron chi connectivity index (χ4n) is 3.12. The number of piperidine rings is 1. The smallest absolute Gasteiger partial charge is 0.255 e. The summed E-state index contributed by atoms with van der Waals surface area (Å²) in [6, 6.07) is 9.90. The molecule has 128 valence electrons. The van der Waals surface area contributed by atoms with Crippen LogP contribution in [-0.4, -0.2) is 42.5 Å². The molecule has 1 unspecified atom stereocenters. The van der Waals surface area contributed by atoms with Crippen LogP contribution in [0.3, 0.4) is 0 Å². The molecule has 1 aromatic carbocycles. The summed E-state index contributed by atoms with van der Waals surface area (Å²) in [5, 5.41) is 4.58. The fraction of sp³-hybridized carbons (Fsp3) is 0.353. The van der Waals surface area contributed by atoms with Crippen molar-refractivity contribution in [3.63, 3.8) is 0 Å². The van der Waals surface area contributed by atoms with E-state index in [4.69, 9.17) is 5.14 Å². The van der Waals surface area contributed by atoms with Gasteiger partial charge in [0.25, 0.3) is 5.91 Å². The van der Waals surface area contributed by atoms with Crippen LogP contribution in [0.25, 0.3) is 0 Å². The molecule has 1 amide bonds. The van der Waals surface area contributed by atoms with Gasteiger partial charge in [0.15, 0.2) is 0 Å². The Morgan fingerprint density at radius 1 is 1.25 bits per heavy atom. The first-order valence-corrected chi connectivity index (χ1v) is 9.56. The Labute approximate surface area is 141 Å². The molecule has 0 saturated carbocycles.